The van der Waals surface area contributed by atoms with Crippen molar-refractivity contribution in [2.24, 2.45) is 23.7 Å². The molecule has 0 spiro atoms. The van der Waals surface area contributed by atoms with E-state index >= 15 is 9.59 Å². The maximum absolute atomic E-state index is 15.6. The van der Waals surface area contributed by atoms with Crippen molar-refractivity contribution < 1.29 is 38.2 Å². The van der Waals surface area contributed by atoms with Crippen molar-refractivity contribution in [2.45, 2.75) is 24.2 Å². The molecule has 4 aliphatic rings. The number of oxazole rings is 1. The van der Waals surface area contributed by atoms with Crippen LogP contribution >= 0.6 is 11.6 Å². The monoisotopic (exact) mass is 805 g/mol. The van der Waals surface area contributed by atoms with Crippen LogP contribution in [0.4, 0.5) is 11.4 Å². The van der Waals surface area contributed by atoms with Crippen molar-refractivity contribution in [3.63, 3.8) is 0 Å². The predicted molar refractivity (Wildman–Crippen MR) is 219 cm³/mol. The fourth-order valence-electron chi connectivity index (χ4n) is 10.3. The van der Waals surface area contributed by atoms with Gasteiger partial charge in [-0.1, -0.05) is 71.8 Å². The number of allylic oxidation sites excluding steroid dienone is 2. The summed E-state index contributed by atoms with van der Waals surface area (Å²) in [6.45, 7) is 0. The van der Waals surface area contributed by atoms with E-state index in [4.69, 9.17) is 25.5 Å². The molecule has 1 saturated carbocycles. The first-order chi connectivity index (χ1) is 28.6. The number of anilines is 2. The number of para-hydroxylation sites is 2. The maximum atomic E-state index is 15.6. The average Bonchev–Trinajstić information content (AvgIpc) is 3.87. The lowest BCUT2D eigenvalue weighted by Gasteiger charge is -2.51. The Morgan fingerprint density at radius 2 is 1.47 bits per heavy atom. The van der Waals surface area contributed by atoms with E-state index in [-0.39, 0.29) is 41.9 Å². The van der Waals surface area contributed by atoms with Gasteiger partial charge in [0.05, 0.1) is 48.8 Å². The number of carbonyl (C=O) groups is 4. The first-order valence-corrected chi connectivity index (χ1v) is 19.7. The molecule has 0 bridgehead atoms. The third kappa shape index (κ3) is 5.30. The van der Waals surface area contributed by atoms with E-state index in [2.05, 4.69) is 4.98 Å². The van der Waals surface area contributed by atoms with Crippen LogP contribution in [0.2, 0.25) is 5.02 Å². The van der Waals surface area contributed by atoms with E-state index in [0.29, 0.717) is 50.1 Å². The van der Waals surface area contributed by atoms with Crippen molar-refractivity contribution in [2.75, 3.05) is 24.0 Å². The average molecular weight is 806 g/mol. The number of rotatable bonds is 7. The fraction of sp³-hybridized carbons (Fsp3) is 0.213. The summed E-state index contributed by atoms with van der Waals surface area (Å²) in [6.07, 6.45) is 2.29. The topological polar surface area (TPSA) is 139 Å². The van der Waals surface area contributed by atoms with Crippen LogP contribution in [0.3, 0.4) is 0 Å². The molecule has 1 N–H and O–H groups in total. The molecule has 6 aromatic rings. The third-order valence-corrected chi connectivity index (χ3v) is 12.9. The Balaban J connectivity index is 1.13. The van der Waals surface area contributed by atoms with Crippen LogP contribution < -0.4 is 19.3 Å². The van der Waals surface area contributed by atoms with Gasteiger partial charge in [-0.3, -0.25) is 24.1 Å². The first kappa shape index (κ1) is 36.6. The number of amides is 4. The Bertz CT molecular complexity index is 2710. The molecule has 3 fully saturated rings. The van der Waals surface area contributed by atoms with Crippen LogP contribution in [-0.4, -0.2) is 47.9 Å². The summed E-state index contributed by atoms with van der Waals surface area (Å²) in [5.41, 5.74) is 2.94. The minimum Gasteiger partial charge on any atom is -0.508 e. The molecule has 6 unspecified atom stereocenters. The Morgan fingerprint density at radius 1 is 0.763 bits per heavy atom. The maximum Gasteiger partial charge on any atom is 0.246 e. The van der Waals surface area contributed by atoms with E-state index in [0.717, 1.165) is 5.57 Å². The first-order valence-electron chi connectivity index (χ1n) is 19.3. The normalized spacial score (nSPS) is 24.9. The Hall–Kier alpha value is -6.72. The number of hydrogen-bond acceptors (Lipinski definition) is 9. The number of fused-ring (bicyclic) bond motifs is 5. The summed E-state index contributed by atoms with van der Waals surface area (Å²) in [7, 11) is 2.92. The lowest BCUT2D eigenvalue weighted by Crippen LogP contribution is -2.53. The number of hydrogen-bond donors (Lipinski definition) is 1. The fourth-order valence-corrected chi connectivity index (χ4v) is 10.5. The van der Waals surface area contributed by atoms with Crippen molar-refractivity contribution in [1.29, 1.82) is 0 Å². The highest BCUT2D eigenvalue weighted by Crippen LogP contribution is 2.66. The minimum absolute atomic E-state index is 0.103. The molecule has 5 aromatic carbocycles. The van der Waals surface area contributed by atoms with Gasteiger partial charge < -0.3 is 19.0 Å². The van der Waals surface area contributed by atoms with Crippen molar-refractivity contribution in [1.82, 2.24) is 4.98 Å². The number of phenolic OH excluding ortho intramolecular Hbond substituents is 1. The van der Waals surface area contributed by atoms with Gasteiger partial charge in [-0.2, -0.15) is 0 Å². The second kappa shape index (κ2) is 13.7. The summed E-state index contributed by atoms with van der Waals surface area (Å²) in [4.78, 5) is 67.2. The summed E-state index contributed by atoms with van der Waals surface area (Å²) in [6, 6.07) is 33.1. The number of ether oxygens (including phenoxy) is 2. The summed E-state index contributed by atoms with van der Waals surface area (Å²) >= 11 is 6.46. The minimum atomic E-state index is -1.57. The number of aromatic hydroxyl groups is 1. The molecule has 2 aliphatic carbocycles. The molecule has 11 nitrogen and oxygen atoms in total. The third-order valence-electron chi connectivity index (χ3n) is 12.7. The standard InChI is InChI=1S/C47H36ClN3O8/c1-57-37-22-30(52)23-38(58-2)40(37)41-31-19-20-32-39(45(55)50(43(32)53)28-17-15-25(16-18-28)42-49-35-13-6-7-14-36(35)59-42)33(31)24-34-44(54)51(29-12-8-11-27(48)21-29)46(56)47(34,41)26-9-4-3-5-10-26/h3-19,21-23,32-34,39,41,52H,20,24H2,1-2H3. The lowest BCUT2D eigenvalue weighted by molar-refractivity contribution is -0.127. The van der Waals surface area contributed by atoms with Gasteiger partial charge in [0.1, 0.15) is 22.8 Å². The number of aromatic nitrogens is 1. The SMILES string of the molecule is COc1cc(O)cc(OC)c1C1C2=CCC3C(=O)N(c4ccc(-c5nc6ccccc6o5)cc4)C(=O)C3C2CC2C(=O)N(c3cccc(Cl)c3)C(=O)C21c1ccccc1. The quantitative estimate of drug-likeness (QED) is 0.125. The zero-order valence-electron chi connectivity index (χ0n) is 31.9. The van der Waals surface area contributed by atoms with Crippen molar-refractivity contribution in [3.05, 3.63) is 143 Å². The molecule has 2 aliphatic heterocycles. The smallest absolute Gasteiger partial charge is 0.246 e. The number of methoxy groups -OCH3 is 2. The van der Waals surface area contributed by atoms with Gasteiger partial charge >= 0.3 is 0 Å². The molecule has 59 heavy (non-hydrogen) atoms. The van der Waals surface area contributed by atoms with E-state index in [9.17, 15) is 14.7 Å². The van der Waals surface area contributed by atoms with Crippen LogP contribution in [0.15, 0.2) is 131 Å². The van der Waals surface area contributed by atoms with Gasteiger partial charge in [-0.15, -0.1) is 0 Å². The van der Waals surface area contributed by atoms with Crippen LogP contribution in [0.1, 0.15) is 29.9 Å². The molecular formula is C47H36ClN3O8. The zero-order chi connectivity index (χ0) is 40.7. The number of imide groups is 2. The molecule has 1 aromatic heterocycles. The van der Waals surface area contributed by atoms with Gasteiger partial charge in [0, 0.05) is 34.2 Å². The van der Waals surface area contributed by atoms with E-state index in [1.807, 2.05) is 60.7 Å². The molecule has 3 heterocycles. The van der Waals surface area contributed by atoms with Gasteiger partial charge in [-0.25, -0.2) is 9.88 Å². The lowest BCUT2D eigenvalue weighted by atomic mass is 9.49. The van der Waals surface area contributed by atoms with Crippen molar-refractivity contribution in [3.8, 4) is 28.7 Å². The number of carbonyl (C=O) groups excluding carboxylic acids is 4. The molecule has 0 radical (unpaired) electrons. The van der Waals surface area contributed by atoms with Gasteiger partial charge in [-0.05, 0) is 78.9 Å². The van der Waals surface area contributed by atoms with Gasteiger partial charge in [0.15, 0.2) is 5.58 Å². The van der Waals surface area contributed by atoms with E-state index in [1.165, 1.54) is 36.2 Å². The number of halogens is 1. The molecule has 4 amide bonds. The molecule has 294 valence electrons. The zero-order valence-corrected chi connectivity index (χ0v) is 32.6. The largest absolute Gasteiger partial charge is 0.508 e. The number of phenols is 1. The highest BCUT2D eigenvalue weighted by molar-refractivity contribution is 6.32. The highest BCUT2D eigenvalue weighted by atomic mass is 35.5. The molecule has 6 atom stereocenters. The molecule has 10 rings (SSSR count). The van der Waals surface area contributed by atoms with Crippen LogP contribution in [0.25, 0.3) is 22.6 Å². The van der Waals surface area contributed by atoms with Crippen LogP contribution in [-0.2, 0) is 24.6 Å². The second-order valence-corrected chi connectivity index (χ2v) is 15.8. The summed E-state index contributed by atoms with van der Waals surface area (Å²) < 4.78 is 17.8. The van der Waals surface area contributed by atoms with Gasteiger partial charge in [0.25, 0.3) is 0 Å². The summed E-state index contributed by atoms with van der Waals surface area (Å²) in [5, 5.41) is 11.2. The highest BCUT2D eigenvalue weighted by Gasteiger charge is 2.71. The van der Waals surface area contributed by atoms with Gasteiger partial charge in [0.2, 0.25) is 29.5 Å². The molecular weight excluding hydrogens is 770 g/mol. The van der Waals surface area contributed by atoms with Crippen LogP contribution in [0, 0.1) is 23.7 Å². The van der Waals surface area contributed by atoms with E-state index < -0.39 is 46.8 Å². The van der Waals surface area contributed by atoms with Crippen LogP contribution in [0.5, 0.6) is 17.2 Å². The second-order valence-electron chi connectivity index (χ2n) is 15.4. The van der Waals surface area contributed by atoms with Crippen molar-refractivity contribution >= 4 is 57.7 Å². The molecule has 2 saturated heterocycles. The summed E-state index contributed by atoms with van der Waals surface area (Å²) in [5.74, 6) is -5.01. The number of nitrogens with zero attached hydrogens (tertiary/aromatic N) is 3. The van der Waals surface area contributed by atoms with E-state index in [1.54, 1.807) is 48.5 Å². The Labute approximate surface area is 343 Å². The predicted octanol–water partition coefficient (Wildman–Crippen LogP) is 8.24. The Morgan fingerprint density at radius 3 is 2.17 bits per heavy atom. The number of benzene rings is 5. The molecule has 12 heteroatoms. The Kier molecular flexibility index (Phi) is 8.50.